The number of aromatic nitrogens is 3. The van der Waals surface area contributed by atoms with Crippen molar-refractivity contribution < 1.29 is 19.1 Å². The first kappa shape index (κ1) is 21.3. The summed E-state index contributed by atoms with van der Waals surface area (Å²) in [5, 5.41) is 13.0. The maximum Gasteiger partial charge on any atom is 0.231 e. The van der Waals surface area contributed by atoms with Crippen LogP contribution in [0.25, 0.3) is 10.9 Å². The third-order valence-corrected chi connectivity index (χ3v) is 6.15. The summed E-state index contributed by atoms with van der Waals surface area (Å²) in [6.45, 7) is 3.83. The van der Waals surface area contributed by atoms with Gasteiger partial charge in [-0.05, 0) is 37.1 Å². The molecule has 0 radical (unpaired) electrons. The van der Waals surface area contributed by atoms with Crippen LogP contribution in [0.2, 0.25) is 0 Å². The molecule has 2 N–H and O–H groups in total. The molecule has 2 aromatic heterocycles. The number of fused-ring (bicyclic) bond motifs is 1. The van der Waals surface area contributed by atoms with Gasteiger partial charge < -0.3 is 24.7 Å². The molecule has 1 atom stereocenters. The van der Waals surface area contributed by atoms with Gasteiger partial charge in [-0.1, -0.05) is 11.3 Å². The molecule has 3 heterocycles. The lowest BCUT2D eigenvalue weighted by Gasteiger charge is -2.16. The van der Waals surface area contributed by atoms with E-state index in [-0.39, 0.29) is 18.2 Å². The number of carbonyl (C=O) groups excluding carboxylic acids is 2. The zero-order valence-electron chi connectivity index (χ0n) is 17.5. The summed E-state index contributed by atoms with van der Waals surface area (Å²) in [5.74, 6) is 0.192. The summed E-state index contributed by atoms with van der Waals surface area (Å²) < 4.78 is 10.6. The molecule has 1 aliphatic rings. The van der Waals surface area contributed by atoms with Crippen LogP contribution in [-0.2, 0) is 27.4 Å². The molecule has 4 rings (SSSR count). The molecule has 1 aromatic carbocycles. The van der Waals surface area contributed by atoms with Crippen molar-refractivity contribution in [1.82, 2.24) is 20.1 Å². The third-order valence-electron chi connectivity index (χ3n) is 5.34. The fourth-order valence-electron chi connectivity index (χ4n) is 3.67. The number of amides is 2. The number of carbonyl (C=O) groups is 2. The molecule has 0 saturated carbocycles. The minimum Gasteiger partial charge on any atom is -0.497 e. The van der Waals surface area contributed by atoms with E-state index in [1.807, 2.05) is 31.3 Å². The van der Waals surface area contributed by atoms with E-state index in [0.717, 1.165) is 22.2 Å². The van der Waals surface area contributed by atoms with E-state index in [1.54, 1.807) is 12.0 Å². The number of nitrogens with zero attached hydrogens (tertiary/aromatic N) is 3. The predicted molar refractivity (Wildman–Crippen MR) is 117 cm³/mol. The highest BCUT2D eigenvalue weighted by atomic mass is 32.1. The van der Waals surface area contributed by atoms with Gasteiger partial charge in [0.25, 0.3) is 0 Å². The van der Waals surface area contributed by atoms with E-state index >= 15 is 0 Å². The topological polar surface area (TPSA) is 109 Å². The number of hydrogen-bond acceptors (Lipinski definition) is 7. The van der Waals surface area contributed by atoms with Gasteiger partial charge >= 0.3 is 0 Å². The van der Waals surface area contributed by atoms with E-state index in [4.69, 9.17) is 9.47 Å². The standard InChI is InChI=1S/C21H25N5O4S/c1-3-30-12-18-24-25-21(31-18)23-20(28)14-8-19(27)26(11-14)7-6-13-10-22-17-5-4-15(29-2)9-16(13)17/h4-5,9-10,14,22H,3,6-8,11-12H2,1-2H3,(H,23,25,28). The van der Waals surface area contributed by atoms with Crippen molar-refractivity contribution in [2.24, 2.45) is 5.92 Å². The molecule has 164 valence electrons. The van der Waals surface area contributed by atoms with Crippen molar-refractivity contribution in [3.05, 3.63) is 35.0 Å². The molecule has 1 unspecified atom stereocenters. The lowest BCUT2D eigenvalue weighted by atomic mass is 10.1. The average Bonchev–Trinajstić information content (AvgIpc) is 3.49. The fourth-order valence-corrected chi connectivity index (χ4v) is 4.35. The first-order chi connectivity index (χ1) is 15.1. The van der Waals surface area contributed by atoms with Crippen molar-refractivity contribution in [3.63, 3.8) is 0 Å². The number of methoxy groups -OCH3 is 1. The number of hydrogen-bond donors (Lipinski definition) is 2. The molecular weight excluding hydrogens is 418 g/mol. The third kappa shape index (κ3) is 4.86. The van der Waals surface area contributed by atoms with Gasteiger partial charge in [-0.2, -0.15) is 0 Å². The lowest BCUT2D eigenvalue weighted by molar-refractivity contribution is -0.128. The van der Waals surface area contributed by atoms with Gasteiger partial charge in [0, 0.05) is 43.2 Å². The first-order valence-electron chi connectivity index (χ1n) is 10.2. The molecule has 9 nitrogen and oxygen atoms in total. The largest absolute Gasteiger partial charge is 0.497 e. The molecule has 3 aromatic rings. The molecule has 1 aliphatic heterocycles. The van der Waals surface area contributed by atoms with Crippen molar-refractivity contribution in [1.29, 1.82) is 0 Å². The number of ether oxygens (including phenoxy) is 2. The Hall–Kier alpha value is -2.98. The van der Waals surface area contributed by atoms with Crippen LogP contribution in [0.5, 0.6) is 5.75 Å². The Morgan fingerprint density at radius 2 is 2.26 bits per heavy atom. The zero-order valence-corrected chi connectivity index (χ0v) is 18.3. The number of likely N-dealkylation sites (tertiary alicyclic amines) is 1. The minimum atomic E-state index is -0.394. The van der Waals surface area contributed by atoms with Crippen LogP contribution in [0.3, 0.4) is 0 Å². The van der Waals surface area contributed by atoms with E-state index in [2.05, 4.69) is 20.5 Å². The summed E-state index contributed by atoms with van der Waals surface area (Å²) in [6, 6.07) is 5.88. The summed E-state index contributed by atoms with van der Waals surface area (Å²) in [7, 11) is 1.64. The van der Waals surface area contributed by atoms with Crippen LogP contribution in [0, 0.1) is 5.92 Å². The summed E-state index contributed by atoms with van der Waals surface area (Å²) in [5.41, 5.74) is 2.15. The Morgan fingerprint density at radius 3 is 3.06 bits per heavy atom. The van der Waals surface area contributed by atoms with Gasteiger partial charge in [-0.25, -0.2) is 0 Å². The molecule has 0 spiro atoms. The van der Waals surface area contributed by atoms with E-state index in [1.165, 1.54) is 11.3 Å². The van der Waals surface area contributed by atoms with Gasteiger partial charge in [0.15, 0.2) is 0 Å². The minimum absolute atomic E-state index is 0.00753. The maximum absolute atomic E-state index is 12.6. The normalized spacial score (nSPS) is 16.3. The van der Waals surface area contributed by atoms with Gasteiger partial charge in [-0.15, -0.1) is 10.2 Å². The van der Waals surface area contributed by atoms with Crippen LogP contribution in [0.1, 0.15) is 23.9 Å². The molecule has 10 heteroatoms. The van der Waals surface area contributed by atoms with E-state index in [0.29, 0.717) is 42.9 Å². The zero-order chi connectivity index (χ0) is 21.8. The Kier molecular flexibility index (Phi) is 6.47. The van der Waals surface area contributed by atoms with Crippen LogP contribution < -0.4 is 10.1 Å². The van der Waals surface area contributed by atoms with Crippen molar-refractivity contribution in [2.75, 3.05) is 32.1 Å². The molecule has 31 heavy (non-hydrogen) atoms. The molecule has 1 fully saturated rings. The number of H-pyrrole nitrogens is 1. The van der Waals surface area contributed by atoms with E-state index < -0.39 is 5.92 Å². The lowest BCUT2D eigenvalue weighted by Crippen LogP contribution is -2.30. The van der Waals surface area contributed by atoms with Crippen molar-refractivity contribution in [2.45, 2.75) is 26.4 Å². The monoisotopic (exact) mass is 443 g/mol. The quantitative estimate of drug-likeness (QED) is 0.526. The average molecular weight is 444 g/mol. The van der Waals surface area contributed by atoms with Gasteiger partial charge in [0.05, 0.1) is 13.0 Å². The van der Waals surface area contributed by atoms with Gasteiger partial charge in [-0.3, -0.25) is 9.59 Å². The second-order valence-electron chi connectivity index (χ2n) is 7.34. The van der Waals surface area contributed by atoms with Crippen LogP contribution in [-0.4, -0.2) is 58.7 Å². The Bertz CT molecular complexity index is 1080. The Morgan fingerprint density at radius 1 is 1.39 bits per heavy atom. The molecule has 1 saturated heterocycles. The van der Waals surface area contributed by atoms with Crippen molar-refractivity contribution in [3.8, 4) is 5.75 Å². The van der Waals surface area contributed by atoms with Crippen LogP contribution >= 0.6 is 11.3 Å². The van der Waals surface area contributed by atoms with E-state index in [9.17, 15) is 9.59 Å². The number of rotatable bonds is 9. The SMILES string of the molecule is CCOCc1nnc(NC(=O)C2CC(=O)N(CCc3c[nH]c4ccc(OC)cc34)C2)s1. The second kappa shape index (κ2) is 9.44. The van der Waals surface area contributed by atoms with Gasteiger partial charge in [0.1, 0.15) is 17.4 Å². The van der Waals surface area contributed by atoms with Crippen LogP contribution in [0.15, 0.2) is 24.4 Å². The number of anilines is 1. The molecule has 0 aliphatic carbocycles. The summed E-state index contributed by atoms with van der Waals surface area (Å²) in [6.07, 6.45) is 2.87. The Balaban J connectivity index is 1.33. The smallest absolute Gasteiger partial charge is 0.231 e. The highest BCUT2D eigenvalue weighted by Crippen LogP contribution is 2.26. The predicted octanol–water partition coefficient (Wildman–Crippen LogP) is 2.59. The van der Waals surface area contributed by atoms with Gasteiger partial charge in [0.2, 0.25) is 16.9 Å². The molecular formula is C21H25N5O4S. The summed E-state index contributed by atoms with van der Waals surface area (Å²) in [4.78, 5) is 30.1. The highest BCUT2D eigenvalue weighted by molar-refractivity contribution is 7.15. The van der Waals surface area contributed by atoms with Crippen molar-refractivity contribution >= 4 is 39.2 Å². The Labute approximate surface area is 183 Å². The fraction of sp³-hybridized carbons (Fsp3) is 0.429. The first-order valence-corrected chi connectivity index (χ1v) is 11.0. The molecule has 2 amide bonds. The maximum atomic E-state index is 12.6. The number of aromatic amines is 1. The number of benzene rings is 1. The highest BCUT2D eigenvalue weighted by Gasteiger charge is 2.34. The second-order valence-corrected chi connectivity index (χ2v) is 8.41. The summed E-state index contributed by atoms with van der Waals surface area (Å²) >= 11 is 1.28. The molecule has 0 bridgehead atoms. The van der Waals surface area contributed by atoms with Crippen LogP contribution in [0.4, 0.5) is 5.13 Å². The number of nitrogens with one attached hydrogen (secondary N) is 2.